The third-order valence-electron chi connectivity index (χ3n) is 3.91. The van der Waals surface area contributed by atoms with Crippen molar-refractivity contribution in [2.45, 2.75) is 6.92 Å². The van der Waals surface area contributed by atoms with Gasteiger partial charge < -0.3 is 0 Å². The topological polar surface area (TPSA) is 0 Å². The van der Waals surface area contributed by atoms with Crippen LogP contribution < -0.4 is 0 Å². The first-order valence-corrected chi connectivity index (χ1v) is 9.74. The van der Waals surface area contributed by atoms with Crippen LogP contribution in [0, 0.1) is 6.92 Å². The van der Waals surface area contributed by atoms with Crippen molar-refractivity contribution >= 4 is 34.3 Å². The molecule has 0 radical (unpaired) electrons. The van der Waals surface area contributed by atoms with E-state index in [1.807, 2.05) is 34.8 Å². The molecule has 0 saturated carbocycles. The van der Waals surface area contributed by atoms with Gasteiger partial charge in [-0.3, -0.25) is 0 Å². The zero-order valence-corrected chi connectivity index (χ0v) is 15.5. The van der Waals surface area contributed by atoms with Crippen LogP contribution in [0.1, 0.15) is 4.88 Å². The Balaban J connectivity index is 1.90. The highest BCUT2D eigenvalue weighted by Gasteiger charge is 2.15. The Hall–Kier alpha value is -1.87. The molecule has 2 aromatic carbocycles. The summed E-state index contributed by atoms with van der Waals surface area (Å²) in [4.78, 5) is 5.28. The van der Waals surface area contributed by atoms with Crippen LogP contribution in [-0.4, -0.2) is 0 Å². The molecule has 0 aliphatic carbocycles. The summed E-state index contributed by atoms with van der Waals surface area (Å²) in [5.41, 5.74) is 3.74. The van der Waals surface area contributed by atoms with Gasteiger partial charge in [-0.2, -0.15) is 0 Å². The number of benzene rings is 2. The van der Waals surface area contributed by atoms with Crippen molar-refractivity contribution in [3.05, 3.63) is 82.7 Å². The van der Waals surface area contributed by atoms with Crippen molar-refractivity contribution in [1.29, 1.82) is 0 Å². The van der Waals surface area contributed by atoms with E-state index in [0.717, 1.165) is 5.02 Å². The molecule has 0 fully saturated rings. The molecule has 4 rings (SSSR count). The summed E-state index contributed by atoms with van der Waals surface area (Å²) in [6, 6.07) is 25.4. The number of hydrogen-bond acceptors (Lipinski definition) is 2. The maximum atomic E-state index is 6.06. The Morgan fingerprint density at radius 2 is 1.46 bits per heavy atom. The second-order valence-electron chi connectivity index (χ2n) is 5.64. The number of halogens is 1. The second-order valence-corrected chi connectivity index (χ2v) is 8.41. The number of thiophene rings is 2. The normalized spacial score (nSPS) is 10.9. The van der Waals surface area contributed by atoms with Crippen LogP contribution in [0.25, 0.3) is 31.3 Å². The van der Waals surface area contributed by atoms with Gasteiger partial charge in [0, 0.05) is 30.1 Å². The van der Waals surface area contributed by atoms with Crippen LogP contribution in [0.5, 0.6) is 0 Å². The van der Waals surface area contributed by atoms with Gasteiger partial charge >= 0.3 is 0 Å². The van der Waals surface area contributed by atoms with E-state index in [1.54, 1.807) is 0 Å². The van der Waals surface area contributed by atoms with E-state index in [9.17, 15) is 0 Å². The highest BCUT2D eigenvalue weighted by Crippen LogP contribution is 2.44. The van der Waals surface area contributed by atoms with Gasteiger partial charge in [0.15, 0.2) is 0 Å². The van der Waals surface area contributed by atoms with Gasteiger partial charge in [-0.05, 0) is 48.4 Å². The van der Waals surface area contributed by atoms with Gasteiger partial charge in [0.25, 0.3) is 0 Å². The maximum Gasteiger partial charge on any atom is 0.0455 e. The molecule has 3 heteroatoms. The molecule has 0 nitrogen and oxygen atoms in total. The predicted molar refractivity (Wildman–Crippen MR) is 108 cm³/mol. The first-order valence-electron chi connectivity index (χ1n) is 7.73. The summed E-state index contributed by atoms with van der Waals surface area (Å²) in [5, 5.41) is 0.769. The molecule has 0 bridgehead atoms. The van der Waals surface area contributed by atoms with E-state index in [4.69, 9.17) is 11.6 Å². The first-order chi connectivity index (χ1) is 11.7. The molecule has 2 aromatic heterocycles. The standard InChI is InChI=1S/C21H15ClS2/c1-14-7-12-19(23-14)20-13-18(15-5-3-2-4-6-15)21(24-20)16-8-10-17(22)11-9-16/h2-13H,1H3. The molecule has 0 spiro atoms. The van der Waals surface area contributed by atoms with Gasteiger partial charge in [-0.15, -0.1) is 22.7 Å². The summed E-state index contributed by atoms with van der Waals surface area (Å²) in [6.07, 6.45) is 0. The first kappa shape index (κ1) is 15.6. The minimum absolute atomic E-state index is 0.769. The van der Waals surface area contributed by atoms with E-state index < -0.39 is 0 Å². The van der Waals surface area contributed by atoms with Crippen LogP contribution in [0.3, 0.4) is 0 Å². The summed E-state index contributed by atoms with van der Waals surface area (Å²) in [6.45, 7) is 2.15. The lowest BCUT2D eigenvalue weighted by atomic mass is 10.0. The van der Waals surface area contributed by atoms with Crippen molar-refractivity contribution < 1.29 is 0 Å². The monoisotopic (exact) mass is 366 g/mol. The SMILES string of the molecule is Cc1ccc(-c2cc(-c3ccccc3)c(-c3ccc(Cl)cc3)s2)s1. The van der Waals surface area contributed by atoms with Gasteiger partial charge in [0.2, 0.25) is 0 Å². The lowest BCUT2D eigenvalue weighted by molar-refractivity contribution is 1.64. The van der Waals surface area contributed by atoms with Gasteiger partial charge in [0.05, 0.1) is 0 Å². The van der Waals surface area contributed by atoms with Crippen LogP contribution in [0.15, 0.2) is 72.8 Å². The van der Waals surface area contributed by atoms with Crippen molar-refractivity contribution in [2.24, 2.45) is 0 Å². The number of hydrogen-bond donors (Lipinski definition) is 0. The molecule has 0 amide bonds. The van der Waals surface area contributed by atoms with Gasteiger partial charge in [-0.1, -0.05) is 54.1 Å². The van der Waals surface area contributed by atoms with Crippen molar-refractivity contribution in [3.63, 3.8) is 0 Å². The molecule has 0 saturated heterocycles. The van der Waals surface area contributed by atoms with Crippen molar-refractivity contribution in [2.75, 3.05) is 0 Å². The average Bonchev–Trinajstić information content (AvgIpc) is 3.23. The Kier molecular flexibility index (Phi) is 4.28. The van der Waals surface area contributed by atoms with Crippen LogP contribution in [0.2, 0.25) is 5.02 Å². The molecule has 0 N–H and O–H groups in total. The lowest BCUT2D eigenvalue weighted by Gasteiger charge is -2.04. The highest BCUT2D eigenvalue weighted by molar-refractivity contribution is 7.24. The Morgan fingerprint density at radius 1 is 0.708 bits per heavy atom. The summed E-state index contributed by atoms with van der Waals surface area (Å²) in [5.74, 6) is 0. The summed E-state index contributed by atoms with van der Waals surface area (Å²) in [7, 11) is 0. The van der Waals surface area contributed by atoms with E-state index in [-0.39, 0.29) is 0 Å². The molecule has 0 aliphatic rings. The van der Waals surface area contributed by atoms with E-state index in [0.29, 0.717) is 0 Å². The number of rotatable bonds is 3. The maximum absolute atomic E-state index is 6.06. The van der Waals surface area contributed by atoms with Crippen LogP contribution in [0.4, 0.5) is 0 Å². The average molecular weight is 367 g/mol. The quantitative estimate of drug-likeness (QED) is 0.347. The molecular weight excluding hydrogens is 352 g/mol. The highest BCUT2D eigenvalue weighted by atomic mass is 35.5. The summed E-state index contributed by atoms with van der Waals surface area (Å²) >= 11 is 9.76. The zero-order valence-electron chi connectivity index (χ0n) is 13.1. The molecule has 4 aromatic rings. The minimum Gasteiger partial charge on any atom is -0.140 e. The van der Waals surface area contributed by atoms with Gasteiger partial charge in [-0.25, -0.2) is 0 Å². The number of aryl methyl sites for hydroxylation is 1. The Labute approximate surface area is 155 Å². The molecule has 24 heavy (non-hydrogen) atoms. The molecule has 0 aliphatic heterocycles. The van der Waals surface area contributed by atoms with E-state index >= 15 is 0 Å². The molecule has 2 heterocycles. The lowest BCUT2D eigenvalue weighted by Crippen LogP contribution is -1.78. The van der Waals surface area contributed by atoms with Gasteiger partial charge in [0.1, 0.15) is 0 Å². The van der Waals surface area contributed by atoms with Crippen molar-refractivity contribution in [3.8, 4) is 31.3 Å². The Morgan fingerprint density at radius 3 is 2.12 bits per heavy atom. The fourth-order valence-corrected chi connectivity index (χ4v) is 4.99. The zero-order chi connectivity index (χ0) is 16.5. The third-order valence-corrected chi connectivity index (χ3v) is 6.54. The van der Waals surface area contributed by atoms with Crippen molar-refractivity contribution in [1.82, 2.24) is 0 Å². The molecule has 0 atom stereocenters. The molecular formula is C21H15ClS2. The van der Waals surface area contributed by atoms with Crippen LogP contribution >= 0.6 is 34.3 Å². The third kappa shape index (κ3) is 3.05. The van der Waals surface area contributed by atoms with E-state index in [2.05, 4.69) is 67.6 Å². The van der Waals surface area contributed by atoms with Crippen LogP contribution in [-0.2, 0) is 0 Å². The summed E-state index contributed by atoms with van der Waals surface area (Å²) < 4.78 is 0. The second kappa shape index (κ2) is 6.56. The largest absolute Gasteiger partial charge is 0.140 e. The molecule has 0 unspecified atom stereocenters. The predicted octanol–water partition coefficient (Wildman–Crippen LogP) is 7.77. The molecule has 118 valence electrons. The minimum atomic E-state index is 0.769. The fraction of sp³-hybridized carbons (Fsp3) is 0.0476. The Bertz CT molecular complexity index is 963. The van der Waals surface area contributed by atoms with E-state index in [1.165, 1.54) is 36.2 Å². The smallest absolute Gasteiger partial charge is 0.0455 e. The fourth-order valence-electron chi connectivity index (χ4n) is 2.73.